The largest absolute Gasteiger partial charge is 0.389 e. The number of rotatable bonds is 3. The van der Waals surface area contributed by atoms with Crippen LogP contribution >= 0.6 is 0 Å². The van der Waals surface area contributed by atoms with Crippen molar-refractivity contribution in [1.82, 2.24) is 14.9 Å². The molecule has 2 saturated heterocycles. The van der Waals surface area contributed by atoms with Gasteiger partial charge in [0.25, 0.3) is 0 Å². The molecule has 3 heterocycles. The number of fused-ring (bicyclic) bond motifs is 1. The molecule has 6 heteroatoms. The maximum Gasteiger partial charge on any atom is 0.225 e. The highest BCUT2D eigenvalue weighted by atomic mass is 16.3. The van der Waals surface area contributed by atoms with Crippen LogP contribution < -0.4 is 4.90 Å². The van der Waals surface area contributed by atoms with Crippen molar-refractivity contribution in [2.24, 2.45) is 5.92 Å². The molecule has 0 saturated carbocycles. The zero-order chi connectivity index (χ0) is 19.1. The van der Waals surface area contributed by atoms with E-state index < -0.39 is 0 Å². The molecule has 1 aliphatic carbocycles. The molecule has 6 nitrogen and oxygen atoms in total. The van der Waals surface area contributed by atoms with Gasteiger partial charge in [0.1, 0.15) is 5.82 Å². The molecule has 5 rings (SSSR count). The molecule has 1 aromatic heterocycles. The summed E-state index contributed by atoms with van der Waals surface area (Å²) in [6.07, 6.45) is 4.59. The van der Waals surface area contributed by atoms with Gasteiger partial charge in [0.05, 0.1) is 6.10 Å². The van der Waals surface area contributed by atoms with Crippen LogP contribution in [-0.4, -0.2) is 58.2 Å². The summed E-state index contributed by atoms with van der Waals surface area (Å²) < 4.78 is 0. The number of aryl methyl sites for hydroxylation is 1. The van der Waals surface area contributed by atoms with Gasteiger partial charge < -0.3 is 14.9 Å². The van der Waals surface area contributed by atoms with Crippen molar-refractivity contribution in [2.45, 2.75) is 38.2 Å². The fourth-order valence-corrected chi connectivity index (χ4v) is 4.62. The minimum Gasteiger partial charge on any atom is -0.389 e. The molecule has 28 heavy (non-hydrogen) atoms. The summed E-state index contributed by atoms with van der Waals surface area (Å²) in [7, 11) is 0. The lowest BCUT2D eigenvalue weighted by Gasteiger charge is -2.40. The third-order valence-electron chi connectivity index (χ3n) is 6.26. The van der Waals surface area contributed by atoms with Crippen molar-refractivity contribution in [2.75, 3.05) is 31.1 Å². The van der Waals surface area contributed by atoms with Crippen LogP contribution in [0, 0.1) is 5.92 Å². The van der Waals surface area contributed by atoms with Crippen LogP contribution in [0.3, 0.4) is 0 Å². The van der Waals surface area contributed by atoms with Gasteiger partial charge in [-0.2, -0.15) is 0 Å². The Hall–Kier alpha value is -2.47. The molecular weight excluding hydrogens is 352 g/mol. The number of aliphatic hydroxyl groups is 1. The van der Waals surface area contributed by atoms with Crippen molar-refractivity contribution in [3.63, 3.8) is 0 Å². The second kappa shape index (κ2) is 7.17. The van der Waals surface area contributed by atoms with Crippen molar-refractivity contribution in [1.29, 1.82) is 0 Å². The maximum absolute atomic E-state index is 12.6. The van der Waals surface area contributed by atoms with Gasteiger partial charge in [0.2, 0.25) is 5.91 Å². The van der Waals surface area contributed by atoms with E-state index in [2.05, 4.69) is 17.0 Å². The Morgan fingerprint density at radius 1 is 1.04 bits per heavy atom. The number of carbonyl (C=O) groups excluding carboxylic acids is 1. The van der Waals surface area contributed by atoms with Gasteiger partial charge in [-0.25, -0.2) is 9.97 Å². The SMILES string of the molecule is O=C(C1CCN(c2nc(-c3ccccc3)nc3c2CCC3)CC1)N1CC(O)C1. The lowest BCUT2D eigenvalue weighted by Crippen LogP contribution is -2.56. The highest BCUT2D eigenvalue weighted by Crippen LogP contribution is 2.34. The van der Waals surface area contributed by atoms with Crippen molar-refractivity contribution < 1.29 is 9.90 Å². The van der Waals surface area contributed by atoms with E-state index in [1.54, 1.807) is 4.90 Å². The van der Waals surface area contributed by atoms with Gasteiger partial charge in [0.15, 0.2) is 5.82 Å². The minimum atomic E-state index is -0.330. The fraction of sp³-hybridized carbons (Fsp3) is 0.500. The molecule has 1 aromatic carbocycles. The zero-order valence-electron chi connectivity index (χ0n) is 16.0. The molecule has 0 spiro atoms. The van der Waals surface area contributed by atoms with E-state index in [-0.39, 0.29) is 17.9 Å². The molecule has 0 unspecified atom stereocenters. The van der Waals surface area contributed by atoms with Gasteiger partial charge in [-0.3, -0.25) is 4.79 Å². The first-order chi connectivity index (χ1) is 13.7. The maximum atomic E-state index is 12.6. The standard InChI is InChI=1S/C22H26N4O2/c27-17-13-26(14-17)22(28)16-9-11-25(12-10-16)21-18-7-4-8-19(18)23-20(24-21)15-5-2-1-3-6-15/h1-3,5-6,16-17,27H,4,7-14H2. The molecule has 0 bridgehead atoms. The number of hydrogen-bond acceptors (Lipinski definition) is 5. The Morgan fingerprint density at radius 2 is 1.79 bits per heavy atom. The number of aromatic nitrogens is 2. The number of piperidine rings is 1. The average molecular weight is 378 g/mol. The number of amides is 1. The number of likely N-dealkylation sites (tertiary alicyclic amines) is 1. The third-order valence-corrected chi connectivity index (χ3v) is 6.26. The highest BCUT2D eigenvalue weighted by molar-refractivity contribution is 5.80. The molecule has 3 aliphatic rings. The van der Waals surface area contributed by atoms with Crippen molar-refractivity contribution in [3.8, 4) is 11.4 Å². The molecule has 2 aliphatic heterocycles. The Balaban J connectivity index is 1.35. The monoisotopic (exact) mass is 378 g/mol. The zero-order valence-corrected chi connectivity index (χ0v) is 16.0. The Kier molecular flexibility index (Phi) is 4.51. The van der Waals surface area contributed by atoms with Crippen LogP contribution in [0.5, 0.6) is 0 Å². The molecule has 146 valence electrons. The summed E-state index contributed by atoms with van der Waals surface area (Å²) in [5.74, 6) is 2.17. The smallest absolute Gasteiger partial charge is 0.225 e. The van der Waals surface area contributed by atoms with Crippen LogP contribution in [0.1, 0.15) is 30.5 Å². The van der Waals surface area contributed by atoms with E-state index in [0.29, 0.717) is 13.1 Å². The van der Waals surface area contributed by atoms with E-state index in [9.17, 15) is 9.90 Å². The number of aliphatic hydroxyl groups excluding tert-OH is 1. The molecular formula is C22H26N4O2. The van der Waals surface area contributed by atoms with Crippen LogP contribution in [0.15, 0.2) is 30.3 Å². The predicted octanol–water partition coefficient (Wildman–Crippen LogP) is 2.05. The normalized spacial score (nSPS) is 20.2. The Bertz CT molecular complexity index is 872. The van der Waals surface area contributed by atoms with E-state index >= 15 is 0 Å². The first-order valence-corrected chi connectivity index (χ1v) is 10.4. The number of β-amino-alcohol motifs (C(OH)–C–C–N with tert-alkyl or cyclic N) is 1. The van der Waals surface area contributed by atoms with Gasteiger partial charge in [-0.15, -0.1) is 0 Å². The van der Waals surface area contributed by atoms with Gasteiger partial charge in [-0.1, -0.05) is 30.3 Å². The van der Waals surface area contributed by atoms with Gasteiger partial charge in [-0.05, 0) is 32.1 Å². The summed E-state index contributed by atoms with van der Waals surface area (Å²) in [5, 5.41) is 9.45. The average Bonchev–Trinajstić information content (AvgIpc) is 3.20. The number of anilines is 1. The first-order valence-electron chi connectivity index (χ1n) is 10.4. The number of nitrogens with zero attached hydrogens (tertiary/aromatic N) is 4. The Labute approximate surface area is 165 Å². The summed E-state index contributed by atoms with van der Waals surface area (Å²) in [6.45, 7) is 2.70. The van der Waals surface area contributed by atoms with E-state index in [1.807, 2.05) is 18.2 Å². The molecule has 2 fully saturated rings. The second-order valence-electron chi connectivity index (χ2n) is 8.17. The van der Waals surface area contributed by atoms with Crippen LogP contribution in [0.4, 0.5) is 5.82 Å². The molecule has 1 amide bonds. The third kappa shape index (κ3) is 3.15. The molecule has 1 N–H and O–H groups in total. The molecule has 2 aromatic rings. The number of carbonyl (C=O) groups is 1. The summed E-state index contributed by atoms with van der Waals surface area (Å²) in [5.41, 5.74) is 3.55. The van der Waals surface area contributed by atoms with Gasteiger partial charge in [0, 0.05) is 48.9 Å². The molecule has 0 atom stereocenters. The van der Waals surface area contributed by atoms with Crippen molar-refractivity contribution >= 4 is 11.7 Å². The van der Waals surface area contributed by atoms with Crippen LogP contribution in [-0.2, 0) is 17.6 Å². The van der Waals surface area contributed by atoms with Crippen LogP contribution in [0.25, 0.3) is 11.4 Å². The molecule has 0 radical (unpaired) electrons. The number of hydrogen-bond donors (Lipinski definition) is 1. The first kappa shape index (κ1) is 17.6. The quantitative estimate of drug-likeness (QED) is 0.885. The fourth-order valence-electron chi connectivity index (χ4n) is 4.62. The highest BCUT2D eigenvalue weighted by Gasteiger charge is 2.35. The van der Waals surface area contributed by atoms with Crippen molar-refractivity contribution in [3.05, 3.63) is 41.6 Å². The lowest BCUT2D eigenvalue weighted by molar-refractivity contribution is -0.146. The Morgan fingerprint density at radius 3 is 2.50 bits per heavy atom. The number of benzene rings is 1. The predicted molar refractivity (Wildman–Crippen MR) is 107 cm³/mol. The van der Waals surface area contributed by atoms with E-state index in [4.69, 9.17) is 9.97 Å². The van der Waals surface area contributed by atoms with E-state index in [1.165, 1.54) is 11.3 Å². The van der Waals surface area contributed by atoms with Gasteiger partial charge >= 0.3 is 0 Å². The topological polar surface area (TPSA) is 69.6 Å². The lowest BCUT2D eigenvalue weighted by atomic mass is 9.93. The summed E-state index contributed by atoms with van der Waals surface area (Å²) >= 11 is 0. The summed E-state index contributed by atoms with van der Waals surface area (Å²) in [6, 6.07) is 10.2. The summed E-state index contributed by atoms with van der Waals surface area (Å²) in [4.78, 5) is 26.5. The van der Waals surface area contributed by atoms with Crippen LogP contribution in [0.2, 0.25) is 0 Å². The van der Waals surface area contributed by atoms with E-state index in [0.717, 1.165) is 62.4 Å². The second-order valence-corrected chi connectivity index (χ2v) is 8.17. The minimum absolute atomic E-state index is 0.0761.